The number of rotatable bonds is 6. The highest BCUT2D eigenvalue weighted by Crippen LogP contribution is 2.32. The lowest BCUT2D eigenvalue weighted by Gasteiger charge is -2.12. The minimum atomic E-state index is -5.04. The summed E-state index contributed by atoms with van der Waals surface area (Å²) in [6, 6.07) is 4.19. The molecule has 0 unspecified atom stereocenters. The second-order valence-electron chi connectivity index (χ2n) is 6.46. The Kier molecular flexibility index (Phi) is 6.30. The Morgan fingerprint density at radius 3 is 2.48 bits per heavy atom. The molecule has 0 amide bonds. The van der Waals surface area contributed by atoms with Gasteiger partial charge in [-0.15, -0.1) is 11.3 Å². The molecule has 1 N–H and O–H groups in total. The molecule has 0 spiro atoms. The highest BCUT2D eigenvalue weighted by atomic mass is 32.2. The lowest BCUT2D eigenvalue weighted by molar-refractivity contribution is -0.140. The molecule has 3 rings (SSSR count). The summed E-state index contributed by atoms with van der Waals surface area (Å²) in [4.78, 5) is 16.4. The Morgan fingerprint density at radius 1 is 1.16 bits per heavy atom. The Morgan fingerprint density at radius 2 is 1.87 bits per heavy atom. The van der Waals surface area contributed by atoms with Crippen molar-refractivity contribution >= 4 is 21.4 Å². The largest absolute Gasteiger partial charge is 0.419 e. The predicted octanol–water partition coefficient (Wildman–Crippen LogP) is 3.12. The average Bonchev–Trinajstić information content (AvgIpc) is 3.00. The van der Waals surface area contributed by atoms with Gasteiger partial charge in [0.15, 0.2) is 0 Å². The Hall–Kier alpha value is -2.64. The molecule has 0 aliphatic carbocycles. The predicted molar refractivity (Wildman–Crippen MR) is 106 cm³/mol. The molecule has 0 fully saturated rings. The average molecular weight is 476 g/mol. The van der Waals surface area contributed by atoms with E-state index in [0.29, 0.717) is 11.8 Å². The van der Waals surface area contributed by atoms with Crippen LogP contribution < -0.4 is 10.3 Å². The van der Waals surface area contributed by atoms with E-state index in [1.54, 1.807) is 6.92 Å². The molecule has 0 aliphatic heterocycles. The van der Waals surface area contributed by atoms with Crippen LogP contribution in [0.25, 0.3) is 10.6 Å². The standard InChI is InChI=1S/C18H16F4N4O3S2/c1-10-17(30-11(2)24-10)15-5-6-16(27)26(25-15)8-7-23-31(28,29)12-3-4-14(19)13(9-12)18(20,21)22/h3-6,9,23H,7-8H2,1-2H3. The molecular weight excluding hydrogens is 460 g/mol. The quantitative estimate of drug-likeness (QED) is 0.552. The number of thiazole rings is 1. The van der Waals surface area contributed by atoms with Crippen molar-refractivity contribution in [1.29, 1.82) is 0 Å². The van der Waals surface area contributed by atoms with Crippen LogP contribution in [0.15, 0.2) is 40.0 Å². The zero-order valence-electron chi connectivity index (χ0n) is 16.2. The van der Waals surface area contributed by atoms with Gasteiger partial charge in [0.25, 0.3) is 5.56 Å². The van der Waals surface area contributed by atoms with Gasteiger partial charge in [0.1, 0.15) is 11.5 Å². The number of hydrogen-bond acceptors (Lipinski definition) is 6. The van der Waals surface area contributed by atoms with Crippen molar-refractivity contribution in [3.8, 4) is 10.6 Å². The number of halogens is 4. The number of aromatic nitrogens is 3. The third kappa shape index (κ3) is 5.17. The fraction of sp³-hybridized carbons (Fsp3) is 0.278. The molecule has 0 saturated carbocycles. The van der Waals surface area contributed by atoms with Gasteiger partial charge in [-0.1, -0.05) is 0 Å². The summed E-state index contributed by atoms with van der Waals surface area (Å²) in [5.74, 6) is -1.58. The Bertz CT molecular complexity index is 1280. The number of alkyl halides is 3. The molecule has 1 aromatic carbocycles. The smallest absolute Gasteiger partial charge is 0.268 e. The van der Waals surface area contributed by atoms with Gasteiger partial charge < -0.3 is 0 Å². The van der Waals surface area contributed by atoms with Crippen LogP contribution in [0, 0.1) is 19.7 Å². The van der Waals surface area contributed by atoms with Crippen LogP contribution in [0.2, 0.25) is 0 Å². The van der Waals surface area contributed by atoms with Crippen LogP contribution in [-0.2, 0) is 22.7 Å². The van der Waals surface area contributed by atoms with Gasteiger partial charge in [-0.3, -0.25) is 4.79 Å². The molecule has 0 saturated heterocycles. The topological polar surface area (TPSA) is 94.0 Å². The summed E-state index contributed by atoms with van der Waals surface area (Å²) in [6.07, 6.45) is -5.04. The van der Waals surface area contributed by atoms with Crippen LogP contribution in [0.3, 0.4) is 0 Å². The van der Waals surface area contributed by atoms with Gasteiger partial charge in [0, 0.05) is 12.6 Å². The first-order valence-corrected chi connectivity index (χ1v) is 11.1. The molecule has 0 aliphatic rings. The van der Waals surface area contributed by atoms with E-state index in [9.17, 15) is 30.8 Å². The van der Waals surface area contributed by atoms with Gasteiger partial charge in [-0.25, -0.2) is 27.2 Å². The van der Waals surface area contributed by atoms with Crippen molar-refractivity contribution in [2.75, 3.05) is 6.54 Å². The Labute approximate surface area is 178 Å². The summed E-state index contributed by atoms with van der Waals surface area (Å²) >= 11 is 1.39. The van der Waals surface area contributed by atoms with E-state index >= 15 is 0 Å². The van der Waals surface area contributed by atoms with Crippen LogP contribution in [0.5, 0.6) is 0 Å². The second kappa shape index (κ2) is 8.48. The molecule has 0 bridgehead atoms. The monoisotopic (exact) mass is 476 g/mol. The van der Waals surface area contributed by atoms with Crippen molar-refractivity contribution in [2.45, 2.75) is 31.5 Å². The zero-order valence-corrected chi connectivity index (χ0v) is 17.8. The number of benzene rings is 1. The summed E-state index contributed by atoms with van der Waals surface area (Å²) in [6.45, 7) is 3.13. The van der Waals surface area contributed by atoms with Crippen molar-refractivity contribution in [3.63, 3.8) is 0 Å². The van der Waals surface area contributed by atoms with E-state index in [0.717, 1.165) is 26.3 Å². The molecule has 0 atom stereocenters. The second-order valence-corrected chi connectivity index (χ2v) is 9.43. The molecule has 2 heterocycles. The first-order chi connectivity index (χ1) is 14.4. The number of hydrogen-bond donors (Lipinski definition) is 1. The lowest BCUT2D eigenvalue weighted by Crippen LogP contribution is -2.32. The highest BCUT2D eigenvalue weighted by molar-refractivity contribution is 7.89. The number of sulfonamides is 1. The van der Waals surface area contributed by atoms with E-state index in [1.165, 1.54) is 23.5 Å². The SMILES string of the molecule is Cc1nc(C)c(-c2ccc(=O)n(CCNS(=O)(=O)c3ccc(F)c(C(F)(F)F)c3)n2)s1. The summed E-state index contributed by atoms with van der Waals surface area (Å²) in [5.41, 5.74) is -0.948. The fourth-order valence-corrected chi connectivity index (χ4v) is 4.69. The minimum Gasteiger partial charge on any atom is -0.268 e. The van der Waals surface area contributed by atoms with Crippen molar-refractivity contribution in [3.05, 3.63) is 62.8 Å². The van der Waals surface area contributed by atoms with E-state index in [-0.39, 0.29) is 19.2 Å². The van der Waals surface area contributed by atoms with E-state index < -0.39 is 38.0 Å². The van der Waals surface area contributed by atoms with E-state index in [2.05, 4.69) is 14.8 Å². The first kappa shape index (κ1) is 23.0. The molecular formula is C18H16F4N4O3S2. The normalized spacial score (nSPS) is 12.3. The molecule has 166 valence electrons. The number of aryl methyl sites for hydroxylation is 2. The van der Waals surface area contributed by atoms with Gasteiger partial charge >= 0.3 is 6.18 Å². The van der Waals surface area contributed by atoms with Gasteiger partial charge in [-0.05, 0) is 38.1 Å². The lowest BCUT2D eigenvalue weighted by atomic mass is 10.2. The van der Waals surface area contributed by atoms with Crippen molar-refractivity contribution in [2.24, 2.45) is 0 Å². The molecule has 0 radical (unpaired) electrons. The van der Waals surface area contributed by atoms with Gasteiger partial charge in [0.2, 0.25) is 10.0 Å². The minimum absolute atomic E-state index is 0.171. The van der Waals surface area contributed by atoms with Crippen LogP contribution >= 0.6 is 11.3 Å². The van der Waals surface area contributed by atoms with Crippen LogP contribution in [0.4, 0.5) is 17.6 Å². The fourth-order valence-electron chi connectivity index (χ4n) is 2.76. The Balaban J connectivity index is 1.78. The molecule has 7 nitrogen and oxygen atoms in total. The summed E-state index contributed by atoms with van der Waals surface area (Å²) in [5, 5.41) is 5.03. The molecule has 31 heavy (non-hydrogen) atoms. The maximum Gasteiger partial charge on any atom is 0.419 e. The number of nitrogens with zero attached hydrogens (tertiary/aromatic N) is 3. The molecule has 13 heteroatoms. The van der Waals surface area contributed by atoms with Crippen molar-refractivity contribution in [1.82, 2.24) is 19.5 Å². The van der Waals surface area contributed by atoms with Crippen LogP contribution in [-0.4, -0.2) is 29.7 Å². The van der Waals surface area contributed by atoms with Gasteiger partial charge in [0.05, 0.1) is 32.6 Å². The van der Waals surface area contributed by atoms with Crippen molar-refractivity contribution < 1.29 is 26.0 Å². The number of nitrogens with one attached hydrogen (secondary N) is 1. The third-order valence-corrected chi connectivity index (χ3v) is 6.73. The van der Waals surface area contributed by atoms with Crippen LogP contribution in [0.1, 0.15) is 16.3 Å². The summed E-state index contributed by atoms with van der Waals surface area (Å²) < 4.78 is 79.7. The summed E-state index contributed by atoms with van der Waals surface area (Å²) in [7, 11) is -4.38. The maximum absolute atomic E-state index is 13.4. The van der Waals surface area contributed by atoms with Gasteiger partial charge in [-0.2, -0.15) is 18.3 Å². The van der Waals surface area contributed by atoms with E-state index in [4.69, 9.17) is 0 Å². The highest BCUT2D eigenvalue weighted by Gasteiger charge is 2.35. The maximum atomic E-state index is 13.4. The molecule has 2 aromatic heterocycles. The molecule has 3 aromatic rings. The zero-order chi connectivity index (χ0) is 23.0. The van der Waals surface area contributed by atoms with E-state index in [1.807, 2.05) is 6.92 Å². The first-order valence-electron chi connectivity index (χ1n) is 8.77. The third-order valence-electron chi connectivity index (χ3n) is 4.17.